The first-order chi connectivity index (χ1) is 4.21. The summed E-state index contributed by atoms with van der Waals surface area (Å²) >= 11 is 0. The lowest BCUT2D eigenvalue weighted by Gasteiger charge is -2.13. The molecule has 9 heavy (non-hydrogen) atoms. The van der Waals surface area contributed by atoms with E-state index in [0.717, 1.165) is 11.5 Å². The summed E-state index contributed by atoms with van der Waals surface area (Å²) in [6, 6.07) is 0. The van der Waals surface area contributed by atoms with Crippen molar-refractivity contribution in [2.75, 3.05) is 17.8 Å². The average Bonchev–Trinajstić information content (AvgIpc) is 1.92. The van der Waals surface area contributed by atoms with Gasteiger partial charge in [0.25, 0.3) is 0 Å². The van der Waals surface area contributed by atoms with Crippen LogP contribution in [0.1, 0.15) is 25.7 Å². The smallest absolute Gasteiger partial charge is 0.00102 e. The van der Waals surface area contributed by atoms with Crippen LogP contribution in [0.2, 0.25) is 0 Å². The molecule has 0 spiro atoms. The number of hydrogen-bond acceptors (Lipinski definition) is 1. The molecule has 56 valence electrons. The Kier molecular flexibility index (Phi) is 2.28. The molecule has 1 nitrogen and oxygen atoms in total. The maximum absolute atomic E-state index is 11.5. The largest absolute Gasteiger partial charge is 0.285 e. The van der Waals surface area contributed by atoms with Crippen LogP contribution in [0.15, 0.2) is 0 Å². The Morgan fingerprint density at radius 3 is 1.89 bits per heavy atom. The highest BCUT2D eigenvalue weighted by atomic mass is 32.2. The van der Waals surface area contributed by atoms with E-state index >= 15 is 0 Å². The van der Waals surface area contributed by atoms with Crippen molar-refractivity contribution in [2.24, 2.45) is 0 Å². The molecule has 0 bridgehead atoms. The highest BCUT2D eigenvalue weighted by molar-refractivity contribution is 8.02. The van der Waals surface area contributed by atoms with Crippen LogP contribution < -0.4 is 0 Å². The molecule has 1 saturated heterocycles. The molecule has 1 heterocycles. The van der Waals surface area contributed by atoms with E-state index < -0.39 is 9.93 Å². The summed E-state index contributed by atoms with van der Waals surface area (Å²) < 4.78 is 11.5. The molecule has 0 radical (unpaired) electrons. The molecular weight excluding hydrogens is 132 g/mol. The Hall–Kier alpha value is 0.150. The lowest BCUT2D eigenvalue weighted by Crippen LogP contribution is -2.16. The van der Waals surface area contributed by atoms with E-state index in [-0.39, 0.29) is 0 Å². The third kappa shape index (κ3) is 2.48. The fourth-order valence-corrected chi connectivity index (χ4v) is 3.37. The van der Waals surface area contributed by atoms with E-state index in [1.807, 2.05) is 6.26 Å². The van der Waals surface area contributed by atoms with E-state index in [1.54, 1.807) is 0 Å². The minimum atomic E-state index is -1.63. The van der Waals surface area contributed by atoms with Crippen LogP contribution in [0, 0.1) is 0 Å². The zero-order chi connectivity index (χ0) is 6.74. The van der Waals surface area contributed by atoms with Crippen molar-refractivity contribution in [3.8, 4) is 0 Å². The number of hydrogen-bond donors (Lipinski definition) is 1. The lowest BCUT2D eigenvalue weighted by atomic mass is 10.2. The van der Waals surface area contributed by atoms with Crippen LogP contribution in [0.3, 0.4) is 0 Å². The third-order valence-corrected chi connectivity index (χ3v) is 4.54. The van der Waals surface area contributed by atoms with Gasteiger partial charge in [0.1, 0.15) is 0 Å². The molecule has 0 aromatic rings. The Morgan fingerprint density at radius 1 is 1.00 bits per heavy atom. The number of thiol groups is 1. The highest BCUT2D eigenvalue weighted by Gasteiger charge is 2.10. The predicted octanol–water partition coefficient (Wildman–Crippen LogP) is 1.21. The molecule has 0 unspecified atom stereocenters. The van der Waals surface area contributed by atoms with Crippen LogP contribution in [0.25, 0.3) is 0 Å². The molecule has 0 aromatic carbocycles. The molecule has 1 rings (SSSR count). The van der Waals surface area contributed by atoms with Crippen LogP contribution in [0.4, 0.5) is 0 Å². The standard InChI is InChI=1S/C7H16OS/c1-9(8)6-4-2-3-5-7-9/h9H,2-7H2,1H3. The van der Waals surface area contributed by atoms with Crippen LogP contribution >= 0.6 is 0 Å². The van der Waals surface area contributed by atoms with Gasteiger partial charge >= 0.3 is 0 Å². The van der Waals surface area contributed by atoms with Crippen molar-refractivity contribution in [1.82, 2.24) is 0 Å². The molecular formula is C7H16OS. The van der Waals surface area contributed by atoms with Crippen molar-refractivity contribution < 1.29 is 4.21 Å². The van der Waals surface area contributed by atoms with Gasteiger partial charge < -0.3 is 0 Å². The van der Waals surface area contributed by atoms with E-state index in [9.17, 15) is 4.21 Å². The summed E-state index contributed by atoms with van der Waals surface area (Å²) in [6.45, 7) is 0. The van der Waals surface area contributed by atoms with Gasteiger partial charge in [-0.3, -0.25) is 4.21 Å². The molecule has 0 saturated carbocycles. The van der Waals surface area contributed by atoms with Gasteiger partial charge in [0, 0.05) is 11.5 Å². The van der Waals surface area contributed by atoms with Crippen LogP contribution in [-0.4, -0.2) is 22.0 Å². The first-order valence-corrected chi connectivity index (χ1v) is 6.29. The summed E-state index contributed by atoms with van der Waals surface area (Å²) in [5, 5.41) is 0. The summed E-state index contributed by atoms with van der Waals surface area (Å²) in [5.41, 5.74) is 0. The van der Waals surface area contributed by atoms with Crippen molar-refractivity contribution >= 4 is 9.93 Å². The molecule has 1 aliphatic heterocycles. The second kappa shape index (κ2) is 2.82. The molecule has 0 aromatic heterocycles. The normalized spacial score (nSPS) is 30.8. The van der Waals surface area contributed by atoms with Crippen LogP contribution in [-0.2, 0) is 9.93 Å². The second-order valence-corrected chi connectivity index (χ2v) is 6.65. The lowest BCUT2D eigenvalue weighted by molar-refractivity contribution is 0.673. The summed E-state index contributed by atoms with van der Waals surface area (Å²) in [5.74, 6) is 2.01. The minimum Gasteiger partial charge on any atom is -0.285 e. The first kappa shape index (κ1) is 7.26. The highest BCUT2D eigenvalue weighted by Crippen LogP contribution is 2.14. The van der Waals surface area contributed by atoms with Gasteiger partial charge in [-0.25, -0.2) is 0 Å². The summed E-state index contributed by atoms with van der Waals surface area (Å²) in [7, 11) is -1.63. The van der Waals surface area contributed by atoms with Gasteiger partial charge in [0.2, 0.25) is 0 Å². The molecule has 0 atom stereocenters. The van der Waals surface area contributed by atoms with Crippen molar-refractivity contribution in [2.45, 2.75) is 25.7 Å². The van der Waals surface area contributed by atoms with Crippen molar-refractivity contribution in [3.63, 3.8) is 0 Å². The minimum absolute atomic E-state index is 1.01. The van der Waals surface area contributed by atoms with Gasteiger partial charge in [-0.05, 0) is 19.1 Å². The third-order valence-electron chi connectivity index (χ3n) is 2.01. The number of rotatable bonds is 0. The van der Waals surface area contributed by atoms with E-state index in [1.165, 1.54) is 25.7 Å². The van der Waals surface area contributed by atoms with Crippen LogP contribution in [0.5, 0.6) is 0 Å². The van der Waals surface area contributed by atoms with E-state index in [4.69, 9.17) is 0 Å². The van der Waals surface area contributed by atoms with Crippen molar-refractivity contribution in [1.29, 1.82) is 0 Å². The Balaban J connectivity index is 2.45. The molecule has 0 N–H and O–H groups in total. The zero-order valence-corrected chi connectivity index (χ0v) is 6.99. The molecule has 2 heteroatoms. The zero-order valence-electron chi connectivity index (χ0n) is 6.10. The van der Waals surface area contributed by atoms with Gasteiger partial charge in [0.05, 0.1) is 0 Å². The maximum atomic E-state index is 11.5. The van der Waals surface area contributed by atoms with E-state index in [2.05, 4.69) is 0 Å². The Labute approximate surface area is 58.3 Å². The topological polar surface area (TPSA) is 17.1 Å². The fraction of sp³-hybridized carbons (Fsp3) is 1.00. The van der Waals surface area contributed by atoms with Gasteiger partial charge in [-0.15, -0.1) is 9.93 Å². The van der Waals surface area contributed by atoms with Gasteiger partial charge in [-0.1, -0.05) is 12.8 Å². The van der Waals surface area contributed by atoms with E-state index in [0.29, 0.717) is 0 Å². The first-order valence-electron chi connectivity index (χ1n) is 3.76. The van der Waals surface area contributed by atoms with Gasteiger partial charge in [0.15, 0.2) is 0 Å². The Bertz CT molecular complexity index is 119. The summed E-state index contributed by atoms with van der Waals surface area (Å²) in [4.78, 5) is 0. The molecule has 0 amide bonds. The second-order valence-electron chi connectivity index (χ2n) is 3.16. The predicted molar refractivity (Wildman–Crippen MR) is 43.7 cm³/mol. The van der Waals surface area contributed by atoms with Gasteiger partial charge in [-0.2, -0.15) is 0 Å². The Morgan fingerprint density at radius 2 is 1.44 bits per heavy atom. The molecule has 1 aliphatic rings. The quantitative estimate of drug-likeness (QED) is 0.511. The molecule has 0 aliphatic carbocycles. The summed E-state index contributed by atoms with van der Waals surface area (Å²) in [6.07, 6.45) is 6.97. The van der Waals surface area contributed by atoms with Crippen molar-refractivity contribution in [3.05, 3.63) is 0 Å². The molecule has 1 fully saturated rings. The maximum Gasteiger partial charge on any atom is 0.00102 e. The SMILES string of the molecule is C[SH]1(=O)CCCCCC1. The average molecular weight is 148 g/mol. The monoisotopic (exact) mass is 148 g/mol. The fourth-order valence-electron chi connectivity index (χ4n) is 1.36.